The lowest BCUT2D eigenvalue weighted by molar-refractivity contribution is 0.412. The van der Waals surface area contributed by atoms with Crippen LogP contribution in [0.4, 0.5) is 0 Å². The number of rotatable bonds is 2. The van der Waals surface area contributed by atoms with E-state index in [-0.39, 0.29) is 5.54 Å². The lowest BCUT2D eigenvalue weighted by Gasteiger charge is -2.15. The second kappa shape index (κ2) is 3.65. The van der Waals surface area contributed by atoms with Crippen molar-refractivity contribution < 1.29 is 4.52 Å². The summed E-state index contributed by atoms with van der Waals surface area (Å²) in [6.45, 7) is 4.92. The van der Waals surface area contributed by atoms with Crippen LogP contribution < -0.4 is 5.32 Å². The summed E-state index contributed by atoms with van der Waals surface area (Å²) in [5.74, 6) is 1.06. The molecule has 0 spiro atoms. The third-order valence-electron chi connectivity index (χ3n) is 1.89. The Morgan fingerprint density at radius 3 is 3.14 bits per heavy atom. The summed E-state index contributed by atoms with van der Waals surface area (Å²) in [5.41, 5.74) is 1.03. The Balaban J connectivity index is 1.94. The predicted molar refractivity (Wildman–Crippen MR) is 57.3 cm³/mol. The summed E-state index contributed by atoms with van der Waals surface area (Å²) in [4.78, 5) is 4.41. The van der Waals surface area contributed by atoms with Crippen LogP contribution in [-0.4, -0.2) is 21.6 Å². The highest BCUT2D eigenvalue weighted by Crippen LogP contribution is 2.22. The average Bonchev–Trinajstić information content (AvgIpc) is 2.70. The van der Waals surface area contributed by atoms with Crippen LogP contribution >= 0.6 is 11.8 Å². The van der Waals surface area contributed by atoms with Gasteiger partial charge < -0.3 is 9.84 Å². The molecule has 1 aliphatic heterocycles. The highest BCUT2D eigenvalue weighted by molar-refractivity contribution is 8.14. The lowest BCUT2D eigenvalue weighted by Crippen LogP contribution is -2.36. The van der Waals surface area contributed by atoms with Gasteiger partial charge in [0.2, 0.25) is 0 Å². The van der Waals surface area contributed by atoms with Gasteiger partial charge in [-0.3, -0.25) is 4.99 Å². The van der Waals surface area contributed by atoms with Crippen LogP contribution in [0.2, 0.25) is 0 Å². The Labute approximate surface area is 87.1 Å². The summed E-state index contributed by atoms with van der Waals surface area (Å²) in [6, 6.07) is 1.83. The van der Waals surface area contributed by atoms with Crippen LogP contribution in [0.1, 0.15) is 19.5 Å². The number of hydrogen-bond donors (Lipinski definition) is 1. The SMILES string of the molecule is CC1(C)CSC(=NCc2ccon2)N1. The minimum atomic E-state index is 0.160. The maximum absolute atomic E-state index is 4.72. The number of nitrogens with zero attached hydrogens (tertiary/aromatic N) is 2. The maximum atomic E-state index is 4.72. The molecule has 0 unspecified atom stereocenters. The highest BCUT2D eigenvalue weighted by Gasteiger charge is 2.26. The van der Waals surface area contributed by atoms with E-state index < -0.39 is 0 Å². The standard InChI is InChI=1S/C9H13N3OS/c1-9(2)6-14-8(11-9)10-5-7-3-4-13-12-7/h3-4H,5-6H2,1-2H3,(H,10,11). The molecule has 0 aromatic carbocycles. The smallest absolute Gasteiger partial charge is 0.157 e. The van der Waals surface area contributed by atoms with Crippen molar-refractivity contribution in [3.8, 4) is 0 Å². The number of aromatic nitrogens is 1. The van der Waals surface area contributed by atoms with E-state index in [0.29, 0.717) is 6.54 Å². The fourth-order valence-corrected chi connectivity index (χ4v) is 2.24. The van der Waals surface area contributed by atoms with Crippen molar-refractivity contribution in [2.45, 2.75) is 25.9 Å². The van der Waals surface area contributed by atoms with E-state index in [9.17, 15) is 0 Å². The Morgan fingerprint density at radius 2 is 2.57 bits per heavy atom. The molecule has 1 aliphatic rings. The van der Waals surface area contributed by atoms with E-state index in [1.807, 2.05) is 6.07 Å². The zero-order valence-electron chi connectivity index (χ0n) is 8.28. The Kier molecular flexibility index (Phi) is 2.50. The number of amidine groups is 1. The Morgan fingerprint density at radius 1 is 1.71 bits per heavy atom. The molecule has 0 amide bonds. The summed E-state index contributed by atoms with van der Waals surface area (Å²) >= 11 is 1.75. The molecular formula is C9H13N3OS. The van der Waals surface area contributed by atoms with Crippen LogP contribution in [0.5, 0.6) is 0 Å². The van der Waals surface area contributed by atoms with Gasteiger partial charge in [-0.2, -0.15) is 0 Å². The van der Waals surface area contributed by atoms with Gasteiger partial charge in [0.15, 0.2) is 5.17 Å². The zero-order valence-corrected chi connectivity index (χ0v) is 9.10. The normalized spacial score (nSPS) is 22.6. The lowest BCUT2D eigenvalue weighted by atomic mass is 10.1. The Hall–Kier alpha value is -0.970. The van der Waals surface area contributed by atoms with E-state index in [4.69, 9.17) is 4.52 Å². The van der Waals surface area contributed by atoms with E-state index in [1.165, 1.54) is 0 Å². The first-order chi connectivity index (χ1) is 6.66. The fraction of sp³-hybridized carbons (Fsp3) is 0.556. The molecule has 0 atom stereocenters. The van der Waals surface area contributed by atoms with Gasteiger partial charge in [-0.05, 0) is 13.8 Å². The minimum Gasteiger partial charge on any atom is -0.364 e. The second-order valence-corrected chi connectivity index (χ2v) is 4.87. The first kappa shape index (κ1) is 9.58. The average molecular weight is 211 g/mol. The van der Waals surface area contributed by atoms with Crippen LogP contribution in [0.25, 0.3) is 0 Å². The largest absolute Gasteiger partial charge is 0.364 e. The van der Waals surface area contributed by atoms with Crippen molar-refractivity contribution in [1.29, 1.82) is 0 Å². The summed E-state index contributed by atoms with van der Waals surface area (Å²) in [7, 11) is 0. The van der Waals surface area contributed by atoms with Gasteiger partial charge in [-0.1, -0.05) is 16.9 Å². The minimum absolute atomic E-state index is 0.160. The van der Waals surface area contributed by atoms with Gasteiger partial charge in [0, 0.05) is 17.4 Å². The number of thioether (sulfide) groups is 1. The number of nitrogens with one attached hydrogen (secondary N) is 1. The molecule has 0 bridgehead atoms. The number of hydrogen-bond acceptors (Lipinski definition) is 4. The quantitative estimate of drug-likeness (QED) is 0.808. The molecule has 14 heavy (non-hydrogen) atoms. The van der Waals surface area contributed by atoms with Gasteiger partial charge >= 0.3 is 0 Å². The molecule has 76 valence electrons. The molecule has 0 aliphatic carbocycles. The number of aliphatic imine (C=N–C) groups is 1. The molecule has 1 aromatic heterocycles. The van der Waals surface area contributed by atoms with Crippen LogP contribution in [0.3, 0.4) is 0 Å². The summed E-state index contributed by atoms with van der Waals surface area (Å²) in [5, 5.41) is 8.14. The van der Waals surface area contributed by atoms with Gasteiger partial charge in [-0.15, -0.1) is 0 Å². The van der Waals surface area contributed by atoms with E-state index in [1.54, 1.807) is 18.0 Å². The van der Waals surface area contributed by atoms with Crippen LogP contribution in [0.15, 0.2) is 21.8 Å². The predicted octanol–water partition coefficient (Wildman–Crippen LogP) is 1.65. The van der Waals surface area contributed by atoms with Crippen molar-refractivity contribution >= 4 is 16.9 Å². The molecule has 2 heterocycles. The van der Waals surface area contributed by atoms with Crippen LogP contribution in [-0.2, 0) is 6.54 Å². The van der Waals surface area contributed by atoms with Crippen LogP contribution in [0, 0.1) is 0 Å². The van der Waals surface area contributed by atoms with E-state index >= 15 is 0 Å². The molecule has 0 radical (unpaired) electrons. The molecular weight excluding hydrogens is 198 g/mol. The molecule has 2 rings (SSSR count). The monoisotopic (exact) mass is 211 g/mol. The van der Waals surface area contributed by atoms with Crippen molar-refractivity contribution in [2.75, 3.05) is 5.75 Å². The van der Waals surface area contributed by atoms with Gasteiger partial charge in [0.1, 0.15) is 12.0 Å². The zero-order chi connectivity index (χ0) is 10.0. The van der Waals surface area contributed by atoms with E-state index in [2.05, 4.69) is 29.3 Å². The molecule has 1 saturated heterocycles. The summed E-state index contributed by atoms with van der Waals surface area (Å²) in [6.07, 6.45) is 1.56. The topological polar surface area (TPSA) is 50.4 Å². The molecule has 5 heteroatoms. The van der Waals surface area contributed by atoms with Gasteiger partial charge in [-0.25, -0.2) is 0 Å². The molecule has 1 N–H and O–H groups in total. The highest BCUT2D eigenvalue weighted by atomic mass is 32.2. The maximum Gasteiger partial charge on any atom is 0.157 e. The first-order valence-electron chi connectivity index (χ1n) is 4.50. The third kappa shape index (κ3) is 2.29. The molecule has 0 saturated carbocycles. The van der Waals surface area contributed by atoms with Crippen molar-refractivity contribution in [3.63, 3.8) is 0 Å². The van der Waals surface area contributed by atoms with Crippen molar-refractivity contribution in [2.24, 2.45) is 4.99 Å². The Bertz CT molecular complexity index is 332. The van der Waals surface area contributed by atoms with Gasteiger partial charge in [0.05, 0.1) is 6.54 Å². The van der Waals surface area contributed by atoms with E-state index in [0.717, 1.165) is 16.6 Å². The molecule has 4 nitrogen and oxygen atoms in total. The summed E-state index contributed by atoms with van der Waals surface area (Å²) < 4.78 is 4.72. The van der Waals surface area contributed by atoms with Crippen molar-refractivity contribution in [1.82, 2.24) is 10.5 Å². The second-order valence-electron chi connectivity index (χ2n) is 3.91. The molecule has 1 fully saturated rings. The van der Waals surface area contributed by atoms with Crippen molar-refractivity contribution in [3.05, 3.63) is 18.0 Å². The first-order valence-corrected chi connectivity index (χ1v) is 5.49. The third-order valence-corrected chi connectivity index (χ3v) is 3.26. The molecule has 1 aromatic rings. The fourth-order valence-electron chi connectivity index (χ4n) is 1.17. The van der Waals surface area contributed by atoms with Gasteiger partial charge in [0.25, 0.3) is 0 Å².